The number of aromatic nitrogens is 1. The standard InChI is InChI=1S/C23H22BrN3O2/c24-18-12-10-17(11-13-18)22(28)19-7-1-2-8-20(19)23(29)27-16-6-5-15-26-21-9-3-4-14-25-21/h1-4,7-14H,5-6,15-16H2,(H,25,26)(H,27,29). The minimum absolute atomic E-state index is 0.164. The van der Waals surface area contributed by atoms with Crippen LogP contribution in [0.3, 0.4) is 0 Å². The maximum atomic E-state index is 12.8. The first kappa shape index (κ1) is 20.7. The molecule has 0 saturated heterocycles. The van der Waals surface area contributed by atoms with Gasteiger partial charge in [-0.05, 0) is 55.3 Å². The summed E-state index contributed by atoms with van der Waals surface area (Å²) < 4.78 is 0.901. The fourth-order valence-electron chi connectivity index (χ4n) is 2.87. The van der Waals surface area contributed by atoms with E-state index in [0.29, 0.717) is 23.2 Å². The molecular formula is C23H22BrN3O2. The van der Waals surface area contributed by atoms with Crippen LogP contribution in [0.1, 0.15) is 39.1 Å². The van der Waals surface area contributed by atoms with Crippen LogP contribution in [0.25, 0.3) is 0 Å². The van der Waals surface area contributed by atoms with Gasteiger partial charge in [0.25, 0.3) is 5.91 Å². The Labute approximate surface area is 178 Å². The molecule has 0 radical (unpaired) electrons. The second kappa shape index (κ2) is 10.5. The zero-order valence-corrected chi connectivity index (χ0v) is 17.5. The highest BCUT2D eigenvalue weighted by atomic mass is 79.9. The number of benzene rings is 2. The number of hydrogen-bond acceptors (Lipinski definition) is 4. The van der Waals surface area contributed by atoms with Gasteiger partial charge in [0.15, 0.2) is 5.78 Å². The number of unbranched alkanes of at least 4 members (excludes halogenated alkanes) is 1. The lowest BCUT2D eigenvalue weighted by Gasteiger charge is -2.10. The molecule has 0 unspecified atom stereocenters. The van der Waals surface area contributed by atoms with Crippen molar-refractivity contribution in [1.82, 2.24) is 10.3 Å². The predicted octanol–water partition coefficient (Wildman–Crippen LogP) is 4.70. The van der Waals surface area contributed by atoms with Crippen LogP contribution >= 0.6 is 15.9 Å². The first-order valence-corrected chi connectivity index (χ1v) is 10.3. The zero-order chi connectivity index (χ0) is 20.5. The summed E-state index contributed by atoms with van der Waals surface area (Å²) in [5.41, 5.74) is 1.35. The number of pyridine rings is 1. The molecule has 5 nitrogen and oxygen atoms in total. The van der Waals surface area contributed by atoms with Gasteiger partial charge in [-0.1, -0.05) is 40.2 Å². The van der Waals surface area contributed by atoms with Gasteiger partial charge < -0.3 is 10.6 Å². The number of amides is 1. The molecule has 1 heterocycles. The lowest BCUT2D eigenvalue weighted by Crippen LogP contribution is -2.26. The summed E-state index contributed by atoms with van der Waals surface area (Å²) in [5, 5.41) is 6.15. The molecule has 29 heavy (non-hydrogen) atoms. The quantitative estimate of drug-likeness (QED) is 0.365. The second-order valence-electron chi connectivity index (χ2n) is 6.49. The molecule has 1 aromatic heterocycles. The van der Waals surface area contributed by atoms with E-state index in [1.165, 1.54) is 0 Å². The number of carbonyl (C=O) groups excluding carboxylic acids is 2. The molecule has 1 amide bonds. The van der Waals surface area contributed by atoms with E-state index in [4.69, 9.17) is 0 Å². The summed E-state index contributed by atoms with van der Waals surface area (Å²) in [6, 6.07) is 19.8. The summed E-state index contributed by atoms with van der Waals surface area (Å²) >= 11 is 3.36. The van der Waals surface area contributed by atoms with Crippen LogP contribution in [0.4, 0.5) is 5.82 Å². The van der Waals surface area contributed by atoms with E-state index >= 15 is 0 Å². The van der Waals surface area contributed by atoms with Gasteiger partial charge in [-0.25, -0.2) is 4.98 Å². The predicted molar refractivity (Wildman–Crippen MR) is 118 cm³/mol. The molecule has 0 aliphatic heterocycles. The van der Waals surface area contributed by atoms with Crippen LogP contribution in [0.2, 0.25) is 0 Å². The number of anilines is 1. The van der Waals surface area contributed by atoms with Crippen molar-refractivity contribution < 1.29 is 9.59 Å². The van der Waals surface area contributed by atoms with Crippen LogP contribution in [-0.4, -0.2) is 29.8 Å². The fraction of sp³-hybridized carbons (Fsp3) is 0.174. The highest BCUT2D eigenvalue weighted by molar-refractivity contribution is 9.10. The van der Waals surface area contributed by atoms with Gasteiger partial charge in [-0.2, -0.15) is 0 Å². The van der Waals surface area contributed by atoms with Crippen molar-refractivity contribution in [3.8, 4) is 0 Å². The van der Waals surface area contributed by atoms with Gasteiger partial charge in [0.2, 0.25) is 0 Å². The topological polar surface area (TPSA) is 71.1 Å². The fourth-order valence-corrected chi connectivity index (χ4v) is 3.13. The summed E-state index contributed by atoms with van der Waals surface area (Å²) in [6.07, 6.45) is 3.47. The van der Waals surface area contributed by atoms with E-state index < -0.39 is 0 Å². The molecule has 0 spiro atoms. The monoisotopic (exact) mass is 451 g/mol. The Kier molecular flexibility index (Phi) is 7.53. The average molecular weight is 452 g/mol. The highest BCUT2D eigenvalue weighted by Crippen LogP contribution is 2.17. The first-order valence-electron chi connectivity index (χ1n) is 9.47. The molecule has 2 aromatic carbocycles. The van der Waals surface area contributed by atoms with E-state index in [1.807, 2.05) is 30.3 Å². The molecule has 0 saturated carbocycles. The number of carbonyl (C=O) groups is 2. The second-order valence-corrected chi connectivity index (χ2v) is 7.40. The van der Waals surface area contributed by atoms with Crippen LogP contribution in [0, 0.1) is 0 Å². The van der Waals surface area contributed by atoms with E-state index in [2.05, 4.69) is 31.5 Å². The number of rotatable bonds is 9. The summed E-state index contributed by atoms with van der Waals surface area (Å²) in [4.78, 5) is 29.6. The van der Waals surface area contributed by atoms with E-state index in [0.717, 1.165) is 29.7 Å². The summed E-state index contributed by atoms with van der Waals surface area (Å²) in [7, 11) is 0. The molecule has 2 N–H and O–H groups in total. The smallest absolute Gasteiger partial charge is 0.252 e. The van der Waals surface area contributed by atoms with Gasteiger partial charge in [0.05, 0.1) is 5.56 Å². The summed E-state index contributed by atoms with van der Waals surface area (Å²) in [6.45, 7) is 1.33. The maximum Gasteiger partial charge on any atom is 0.252 e. The third kappa shape index (κ3) is 5.99. The maximum absolute atomic E-state index is 12.8. The zero-order valence-electron chi connectivity index (χ0n) is 15.9. The van der Waals surface area contributed by atoms with Crippen molar-refractivity contribution in [1.29, 1.82) is 0 Å². The van der Waals surface area contributed by atoms with E-state index in [9.17, 15) is 9.59 Å². The third-order valence-corrected chi connectivity index (χ3v) is 4.91. The lowest BCUT2D eigenvalue weighted by molar-refractivity contribution is 0.0941. The molecule has 0 aliphatic rings. The minimum atomic E-state index is -0.233. The highest BCUT2D eigenvalue weighted by Gasteiger charge is 2.17. The molecular weight excluding hydrogens is 430 g/mol. The van der Waals surface area contributed by atoms with Crippen molar-refractivity contribution in [3.63, 3.8) is 0 Å². The molecule has 3 aromatic rings. The third-order valence-electron chi connectivity index (χ3n) is 4.38. The van der Waals surface area contributed by atoms with Crippen molar-refractivity contribution in [2.24, 2.45) is 0 Å². The Morgan fingerprint density at radius 1 is 0.828 bits per heavy atom. The average Bonchev–Trinajstić information content (AvgIpc) is 2.76. The van der Waals surface area contributed by atoms with Crippen LogP contribution in [-0.2, 0) is 0 Å². The largest absolute Gasteiger partial charge is 0.370 e. The first-order chi connectivity index (χ1) is 14.1. The molecule has 0 fully saturated rings. The number of nitrogens with one attached hydrogen (secondary N) is 2. The molecule has 0 atom stereocenters. The van der Waals surface area contributed by atoms with Crippen molar-refractivity contribution >= 4 is 33.4 Å². The Bertz CT molecular complexity index is 959. The van der Waals surface area contributed by atoms with E-state index in [-0.39, 0.29) is 11.7 Å². The van der Waals surface area contributed by atoms with Crippen LogP contribution in [0.15, 0.2) is 77.4 Å². The van der Waals surface area contributed by atoms with Crippen molar-refractivity contribution in [2.75, 3.05) is 18.4 Å². The van der Waals surface area contributed by atoms with Crippen LogP contribution < -0.4 is 10.6 Å². The molecule has 0 aliphatic carbocycles. The Morgan fingerprint density at radius 2 is 1.52 bits per heavy atom. The Morgan fingerprint density at radius 3 is 2.24 bits per heavy atom. The van der Waals surface area contributed by atoms with E-state index in [1.54, 1.807) is 42.6 Å². The van der Waals surface area contributed by atoms with Gasteiger partial charge in [-0.15, -0.1) is 0 Å². The molecule has 0 bridgehead atoms. The van der Waals surface area contributed by atoms with Gasteiger partial charge >= 0.3 is 0 Å². The molecule has 148 valence electrons. The minimum Gasteiger partial charge on any atom is -0.370 e. The van der Waals surface area contributed by atoms with Crippen molar-refractivity contribution in [2.45, 2.75) is 12.8 Å². The van der Waals surface area contributed by atoms with Gasteiger partial charge in [0, 0.05) is 34.9 Å². The lowest BCUT2D eigenvalue weighted by atomic mass is 9.98. The normalized spacial score (nSPS) is 10.4. The Hall–Kier alpha value is -2.99. The van der Waals surface area contributed by atoms with Crippen LogP contribution in [0.5, 0.6) is 0 Å². The van der Waals surface area contributed by atoms with Gasteiger partial charge in [-0.3, -0.25) is 9.59 Å². The SMILES string of the molecule is O=C(NCCCCNc1ccccn1)c1ccccc1C(=O)c1ccc(Br)cc1. The van der Waals surface area contributed by atoms with Crippen molar-refractivity contribution in [3.05, 3.63) is 94.1 Å². The molecule has 6 heteroatoms. The number of nitrogens with zero attached hydrogens (tertiary/aromatic N) is 1. The number of halogens is 1. The Balaban J connectivity index is 1.52. The molecule has 3 rings (SSSR count). The summed E-state index contributed by atoms with van der Waals surface area (Å²) in [5.74, 6) is 0.448. The van der Waals surface area contributed by atoms with Gasteiger partial charge in [0.1, 0.15) is 5.82 Å². The number of ketones is 1. The number of hydrogen-bond donors (Lipinski definition) is 2.